The predicted molar refractivity (Wildman–Crippen MR) is 18.4 cm³/mol. The maximum atomic E-state index is 8.74. The predicted octanol–water partition coefficient (Wildman–Crippen LogP) is -1.77. The van der Waals surface area contributed by atoms with Crippen molar-refractivity contribution in [3.63, 3.8) is 0 Å². The van der Waals surface area contributed by atoms with E-state index in [2.05, 4.69) is 0 Å². The van der Waals surface area contributed by atoms with Crippen LogP contribution in [0.25, 0.3) is 0 Å². The van der Waals surface area contributed by atoms with E-state index < -0.39 is 9.17 Å². The first kappa shape index (κ1) is 9.32. The van der Waals surface area contributed by atoms with Crippen molar-refractivity contribution in [3.8, 4) is 6.26 Å². The molecule has 0 aromatic rings. The van der Waals surface area contributed by atoms with E-state index in [0.29, 0.717) is 0 Å². The Bertz CT molecular complexity index is 80.2. The van der Waals surface area contributed by atoms with Gasteiger partial charge in [0, 0.05) is 0 Å². The third-order valence-corrected chi connectivity index (χ3v) is 0. The Morgan fingerprint density at radius 2 is 1.57 bits per heavy atom. The number of nitriles is 1. The maximum Gasteiger partial charge on any atom is 0.761 e. The standard InChI is InChI=1S/CHNO.H2O3Si/c2-1-3;1-4(2)3/h3H;1-2H. The lowest BCUT2D eigenvalue weighted by molar-refractivity contribution is 0.330. The molecular formula is CH3NO4Si. The first-order chi connectivity index (χ1) is 3.15. The zero-order valence-electron chi connectivity index (χ0n) is 3.20. The molecule has 0 atom stereocenters. The molecule has 0 amide bonds. The van der Waals surface area contributed by atoms with Gasteiger partial charge in [-0.05, 0) is 0 Å². The number of hydrogen-bond acceptors (Lipinski definition) is 3. The van der Waals surface area contributed by atoms with E-state index in [1.54, 1.807) is 0 Å². The highest BCUT2D eigenvalue weighted by Gasteiger charge is 1.85. The Morgan fingerprint density at radius 1 is 1.57 bits per heavy atom. The van der Waals surface area contributed by atoms with Crippen LogP contribution in [-0.4, -0.2) is 23.9 Å². The normalized spacial score (nSPS) is 4.43. The van der Waals surface area contributed by atoms with Crippen LogP contribution in [0.4, 0.5) is 0 Å². The summed E-state index contributed by atoms with van der Waals surface area (Å²) in [7, 11) is -3.13. The largest absolute Gasteiger partial charge is 0.761 e. The Kier molecular flexibility index (Phi) is 11.8. The molecule has 0 spiro atoms. The summed E-state index contributed by atoms with van der Waals surface area (Å²) in [5, 5.41) is 13.8. The third kappa shape index (κ3) is 34.7. The van der Waals surface area contributed by atoms with Crippen LogP contribution >= 0.6 is 0 Å². The highest BCUT2D eigenvalue weighted by Crippen LogP contribution is 1.27. The number of hydrogen-bond donors (Lipinski definition) is 3. The van der Waals surface area contributed by atoms with E-state index in [4.69, 9.17) is 24.4 Å². The Labute approximate surface area is 41.0 Å². The molecule has 7 heavy (non-hydrogen) atoms. The molecule has 0 rings (SSSR count). The molecule has 0 radical (unpaired) electrons. The first-order valence-corrected chi connectivity index (χ1v) is 2.40. The molecular weight excluding hydrogens is 118 g/mol. The van der Waals surface area contributed by atoms with Gasteiger partial charge in [0.15, 0.2) is 0 Å². The molecule has 0 aliphatic carbocycles. The highest BCUT2D eigenvalue weighted by atomic mass is 28.3. The minimum Gasteiger partial charge on any atom is -0.511 e. The average Bonchev–Trinajstić information content (AvgIpc) is 1.33. The minimum absolute atomic E-state index is 0.750. The second-order valence-corrected chi connectivity index (χ2v) is 0.948. The summed E-state index contributed by atoms with van der Waals surface area (Å²) in [5.74, 6) is 0. The molecule has 5 nitrogen and oxygen atoms in total. The lowest BCUT2D eigenvalue weighted by Crippen LogP contribution is -1.90. The van der Waals surface area contributed by atoms with Crippen molar-refractivity contribution >= 4 is 9.17 Å². The van der Waals surface area contributed by atoms with Gasteiger partial charge in [-0.25, -0.2) is 0 Å². The second-order valence-electron chi connectivity index (χ2n) is 0.383. The van der Waals surface area contributed by atoms with Crippen LogP contribution in [0, 0.1) is 11.5 Å². The highest BCUT2D eigenvalue weighted by molar-refractivity contribution is 6.22. The molecule has 0 aliphatic heterocycles. The fraction of sp³-hybridized carbons (Fsp3) is 0. The number of aliphatic hydroxyl groups is 1. The van der Waals surface area contributed by atoms with Crippen LogP contribution in [0.3, 0.4) is 0 Å². The zero-order chi connectivity index (χ0) is 6.28. The molecule has 0 fully saturated rings. The van der Waals surface area contributed by atoms with Crippen molar-refractivity contribution in [1.82, 2.24) is 0 Å². The number of aliphatic hydroxyl groups excluding tert-OH is 1. The van der Waals surface area contributed by atoms with Gasteiger partial charge in [-0.1, -0.05) is 0 Å². The second kappa shape index (κ2) is 8.86. The average molecular weight is 121 g/mol. The van der Waals surface area contributed by atoms with Gasteiger partial charge in [-0.2, -0.15) is 5.26 Å². The Balaban J connectivity index is 0. The van der Waals surface area contributed by atoms with Crippen molar-refractivity contribution in [1.29, 1.82) is 5.26 Å². The molecule has 0 aromatic heterocycles. The van der Waals surface area contributed by atoms with E-state index >= 15 is 0 Å². The summed E-state index contributed by atoms with van der Waals surface area (Å²) in [5.41, 5.74) is 0. The summed E-state index contributed by atoms with van der Waals surface area (Å²) in [4.78, 5) is 14.3. The lowest BCUT2D eigenvalue weighted by Gasteiger charge is -1.55. The first-order valence-electron chi connectivity index (χ1n) is 1.10. The van der Waals surface area contributed by atoms with Crippen LogP contribution in [0.2, 0.25) is 0 Å². The molecule has 0 unspecified atom stereocenters. The van der Waals surface area contributed by atoms with Gasteiger partial charge in [-0.15, -0.1) is 0 Å². The summed E-state index contributed by atoms with van der Waals surface area (Å²) in [6, 6.07) is 0. The third-order valence-electron chi connectivity index (χ3n) is 0. The van der Waals surface area contributed by atoms with Crippen LogP contribution in [-0.2, 0) is 4.46 Å². The van der Waals surface area contributed by atoms with Crippen LogP contribution in [0.1, 0.15) is 0 Å². The fourth-order valence-electron chi connectivity index (χ4n) is 0. The molecule has 0 bridgehead atoms. The molecule has 0 heterocycles. The van der Waals surface area contributed by atoms with Gasteiger partial charge in [0.2, 0.25) is 0 Å². The van der Waals surface area contributed by atoms with Crippen LogP contribution < -0.4 is 0 Å². The van der Waals surface area contributed by atoms with Gasteiger partial charge < -0.3 is 14.7 Å². The molecule has 0 saturated carbocycles. The zero-order valence-corrected chi connectivity index (χ0v) is 4.20. The van der Waals surface area contributed by atoms with Gasteiger partial charge in [0.05, 0.1) is 0 Å². The minimum atomic E-state index is -3.13. The molecule has 0 aliphatic rings. The van der Waals surface area contributed by atoms with E-state index in [0.717, 1.165) is 6.26 Å². The summed E-state index contributed by atoms with van der Waals surface area (Å²) in [6.07, 6.45) is 0.750. The van der Waals surface area contributed by atoms with Gasteiger partial charge in [0.25, 0.3) is 6.26 Å². The topological polar surface area (TPSA) is 102 Å². The van der Waals surface area contributed by atoms with Crippen LogP contribution in [0.5, 0.6) is 0 Å². The summed E-state index contributed by atoms with van der Waals surface area (Å²) >= 11 is 0. The van der Waals surface area contributed by atoms with Crippen molar-refractivity contribution < 1.29 is 19.2 Å². The smallest absolute Gasteiger partial charge is 0.511 e. The van der Waals surface area contributed by atoms with E-state index in [1.807, 2.05) is 0 Å². The monoisotopic (exact) mass is 121 g/mol. The lowest BCUT2D eigenvalue weighted by atomic mass is 11.6. The Morgan fingerprint density at radius 3 is 1.57 bits per heavy atom. The number of rotatable bonds is 0. The van der Waals surface area contributed by atoms with Crippen molar-refractivity contribution in [2.24, 2.45) is 0 Å². The molecule has 0 aromatic carbocycles. The van der Waals surface area contributed by atoms with Crippen molar-refractivity contribution in [2.75, 3.05) is 0 Å². The maximum absolute atomic E-state index is 8.74. The van der Waals surface area contributed by atoms with Gasteiger partial charge in [-0.3, -0.25) is 4.46 Å². The van der Waals surface area contributed by atoms with E-state index in [1.165, 1.54) is 0 Å². The SMILES string of the molecule is N#CO.O=[Si](O)O. The molecule has 6 heteroatoms. The molecule has 40 valence electrons. The van der Waals surface area contributed by atoms with Gasteiger partial charge in [0.1, 0.15) is 0 Å². The van der Waals surface area contributed by atoms with Crippen molar-refractivity contribution in [3.05, 3.63) is 0 Å². The molecule has 3 N–H and O–H groups in total. The Hall–Kier alpha value is -1.09. The van der Waals surface area contributed by atoms with E-state index in [-0.39, 0.29) is 0 Å². The summed E-state index contributed by atoms with van der Waals surface area (Å²) in [6.45, 7) is 0. The summed E-state index contributed by atoms with van der Waals surface area (Å²) < 4.78 is 8.74. The van der Waals surface area contributed by atoms with Crippen LogP contribution in [0.15, 0.2) is 0 Å². The van der Waals surface area contributed by atoms with E-state index in [9.17, 15) is 0 Å². The number of nitrogens with zero attached hydrogens (tertiary/aromatic N) is 1. The van der Waals surface area contributed by atoms with Gasteiger partial charge >= 0.3 is 9.17 Å². The van der Waals surface area contributed by atoms with Crippen molar-refractivity contribution in [2.45, 2.75) is 0 Å². The fourth-order valence-corrected chi connectivity index (χ4v) is 0. The quantitative estimate of drug-likeness (QED) is 0.260. The molecule has 0 saturated heterocycles.